The number of amides is 3. The summed E-state index contributed by atoms with van der Waals surface area (Å²) in [6.45, 7) is -0.250. The van der Waals surface area contributed by atoms with Gasteiger partial charge in [-0.1, -0.05) is 0 Å². The molecule has 25 heavy (non-hydrogen) atoms. The average molecular weight is 344 g/mol. The van der Waals surface area contributed by atoms with E-state index in [1.165, 1.54) is 13.1 Å². The van der Waals surface area contributed by atoms with Crippen LogP contribution >= 0.6 is 0 Å². The molecule has 0 aliphatic carbocycles. The zero-order valence-corrected chi connectivity index (χ0v) is 13.6. The fraction of sp³-hybridized carbons (Fsp3) is 0.188. The van der Waals surface area contributed by atoms with Crippen molar-refractivity contribution in [2.45, 2.75) is 6.42 Å². The molecule has 0 radical (unpaired) electrons. The maximum Gasteiger partial charge on any atom is 0.290 e. The zero-order valence-electron chi connectivity index (χ0n) is 13.6. The van der Waals surface area contributed by atoms with Gasteiger partial charge in [0.1, 0.15) is 0 Å². The van der Waals surface area contributed by atoms with Crippen LogP contribution in [0.3, 0.4) is 0 Å². The van der Waals surface area contributed by atoms with Gasteiger partial charge in [0.25, 0.3) is 18.3 Å². The third-order valence-electron chi connectivity index (χ3n) is 3.50. The molecule has 9 heteroatoms. The van der Waals surface area contributed by atoms with Gasteiger partial charge in [-0.15, -0.1) is 0 Å². The smallest absolute Gasteiger partial charge is 0.290 e. The number of rotatable bonds is 3. The minimum absolute atomic E-state index is 0.192. The van der Waals surface area contributed by atoms with Crippen LogP contribution in [0.15, 0.2) is 30.6 Å². The summed E-state index contributed by atoms with van der Waals surface area (Å²) in [4.78, 5) is 45.1. The van der Waals surface area contributed by atoms with E-state index in [1.54, 1.807) is 36.3 Å². The van der Waals surface area contributed by atoms with Gasteiger partial charge in [-0.05, 0) is 23.8 Å². The fourth-order valence-corrected chi connectivity index (χ4v) is 2.39. The van der Waals surface area contributed by atoms with Gasteiger partial charge in [-0.2, -0.15) is 5.10 Å². The second-order valence-electron chi connectivity index (χ2n) is 5.28. The largest absolute Gasteiger partial charge is 0.483 e. The van der Waals surface area contributed by atoms with Crippen molar-refractivity contribution >= 4 is 29.9 Å². The van der Waals surface area contributed by atoms with Gasteiger partial charge in [0.2, 0.25) is 5.91 Å². The van der Waals surface area contributed by atoms with Crippen LogP contribution in [-0.2, 0) is 23.1 Å². The van der Waals surface area contributed by atoms with Crippen LogP contribution in [0.25, 0.3) is 0 Å². The highest BCUT2D eigenvalue weighted by atomic mass is 16.3. The molecule has 1 aliphatic heterocycles. The normalized spacial score (nSPS) is 12.3. The molecule has 1 aromatic heterocycles. The number of imide groups is 1. The van der Waals surface area contributed by atoms with Crippen LogP contribution in [0.2, 0.25) is 0 Å². The summed E-state index contributed by atoms with van der Waals surface area (Å²) in [6.07, 6.45) is 3.58. The summed E-state index contributed by atoms with van der Waals surface area (Å²) in [5.41, 5.74) is 1.96. The summed E-state index contributed by atoms with van der Waals surface area (Å²) < 4.78 is 1.62. The van der Waals surface area contributed by atoms with Gasteiger partial charge in [0.05, 0.1) is 23.7 Å². The molecule has 0 fully saturated rings. The lowest BCUT2D eigenvalue weighted by atomic mass is 10.1. The number of anilines is 1. The fourth-order valence-electron chi connectivity index (χ4n) is 2.39. The molecule has 3 amide bonds. The van der Waals surface area contributed by atoms with E-state index in [0.717, 1.165) is 10.5 Å². The Bertz CT molecular complexity index is 843. The molecule has 130 valence electrons. The highest BCUT2D eigenvalue weighted by Crippen LogP contribution is 2.24. The monoisotopic (exact) mass is 344 g/mol. The first-order valence-electron chi connectivity index (χ1n) is 7.19. The van der Waals surface area contributed by atoms with E-state index in [1.807, 2.05) is 0 Å². The van der Waals surface area contributed by atoms with Crippen molar-refractivity contribution in [1.29, 1.82) is 0 Å². The first kappa shape index (κ1) is 17.9. The number of hydrogen-bond donors (Lipinski definition) is 2. The van der Waals surface area contributed by atoms with Crippen molar-refractivity contribution < 1.29 is 24.3 Å². The van der Waals surface area contributed by atoms with E-state index in [4.69, 9.17) is 9.90 Å². The second kappa shape index (κ2) is 7.39. The highest BCUT2D eigenvalue weighted by Gasteiger charge is 2.32. The Hall–Kier alpha value is -3.49. The number of carbonyl (C=O) groups is 4. The Kier molecular flexibility index (Phi) is 5.28. The van der Waals surface area contributed by atoms with Crippen LogP contribution in [0.5, 0.6) is 0 Å². The van der Waals surface area contributed by atoms with Crippen LogP contribution in [0.1, 0.15) is 26.3 Å². The van der Waals surface area contributed by atoms with Crippen molar-refractivity contribution in [3.05, 3.63) is 47.3 Å². The summed E-state index contributed by atoms with van der Waals surface area (Å²) in [5.74, 6) is -0.894. The van der Waals surface area contributed by atoms with Crippen molar-refractivity contribution in [1.82, 2.24) is 14.7 Å². The minimum atomic E-state index is -0.358. The van der Waals surface area contributed by atoms with Gasteiger partial charge >= 0.3 is 0 Å². The van der Waals surface area contributed by atoms with Crippen LogP contribution in [0.4, 0.5) is 5.69 Å². The lowest BCUT2D eigenvalue weighted by Gasteiger charge is -2.05. The Morgan fingerprint density at radius 2 is 1.88 bits per heavy atom. The van der Waals surface area contributed by atoms with E-state index in [2.05, 4.69) is 10.4 Å². The maximum absolute atomic E-state index is 12.0. The van der Waals surface area contributed by atoms with Crippen molar-refractivity contribution in [3.63, 3.8) is 0 Å². The quantitative estimate of drug-likeness (QED) is 0.619. The number of hydrogen-bond acceptors (Lipinski definition) is 5. The van der Waals surface area contributed by atoms with Crippen molar-refractivity contribution in [2.75, 3.05) is 12.4 Å². The molecule has 2 aromatic rings. The van der Waals surface area contributed by atoms with E-state index >= 15 is 0 Å². The van der Waals surface area contributed by atoms with Crippen LogP contribution in [-0.4, -0.2) is 51.0 Å². The number of aromatic nitrogens is 2. The van der Waals surface area contributed by atoms with Gasteiger partial charge in [-0.25, -0.2) is 0 Å². The van der Waals surface area contributed by atoms with Crippen molar-refractivity contribution in [2.24, 2.45) is 7.05 Å². The molecule has 0 saturated carbocycles. The van der Waals surface area contributed by atoms with Crippen molar-refractivity contribution in [3.8, 4) is 0 Å². The predicted molar refractivity (Wildman–Crippen MR) is 87.1 cm³/mol. The highest BCUT2D eigenvalue weighted by molar-refractivity contribution is 6.21. The third kappa shape index (κ3) is 3.89. The maximum atomic E-state index is 12.0. The summed E-state index contributed by atoms with van der Waals surface area (Å²) in [7, 11) is 3.21. The summed E-state index contributed by atoms with van der Waals surface area (Å²) >= 11 is 0. The second-order valence-corrected chi connectivity index (χ2v) is 5.28. The predicted octanol–water partition coefficient (Wildman–Crippen LogP) is 0.528. The molecule has 0 bridgehead atoms. The van der Waals surface area contributed by atoms with Gasteiger partial charge < -0.3 is 10.4 Å². The summed E-state index contributed by atoms with van der Waals surface area (Å²) in [5, 5.41) is 13.6. The van der Waals surface area contributed by atoms with E-state index in [9.17, 15) is 14.4 Å². The molecule has 9 nitrogen and oxygen atoms in total. The van der Waals surface area contributed by atoms with E-state index in [0.29, 0.717) is 16.8 Å². The molecule has 0 atom stereocenters. The number of carboxylic acid groups (broad SMARTS) is 1. The van der Waals surface area contributed by atoms with E-state index in [-0.39, 0.29) is 30.6 Å². The molecule has 3 rings (SSSR count). The standard InChI is InChI=1S/C15H14N4O3.CH2O2/c1-18-8-9(7-16-18)5-13(20)17-10-3-4-11-12(6-10)15(22)19(2)14(11)21;2-1-3/h3-4,6-8H,5H2,1-2H3,(H,17,20);1H,(H,2,3). The van der Waals surface area contributed by atoms with Gasteiger partial charge in [0, 0.05) is 26.0 Å². The lowest BCUT2D eigenvalue weighted by molar-refractivity contribution is -0.123. The summed E-state index contributed by atoms with van der Waals surface area (Å²) in [6, 6.07) is 4.70. The molecule has 0 saturated heterocycles. The first-order chi connectivity index (χ1) is 11.9. The minimum Gasteiger partial charge on any atom is -0.483 e. The molecular formula is C16H16N4O5. The molecular weight excluding hydrogens is 328 g/mol. The Labute approximate surface area is 142 Å². The first-order valence-corrected chi connectivity index (χ1v) is 7.19. The number of nitrogens with zero attached hydrogens (tertiary/aromatic N) is 3. The number of fused-ring (bicyclic) bond motifs is 1. The molecule has 0 spiro atoms. The Morgan fingerprint density at radius 3 is 2.48 bits per heavy atom. The molecule has 2 N–H and O–H groups in total. The van der Waals surface area contributed by atoms with Gasteiger partial charge in [-0.3, -0.25) is 28.8 Å². The average Bonchev–Trinajstić information content (AvgIpc) is 3.06. The van der Waals surface area contributed by atoms with E-state index < -0.39 is 0 Å². The topological polar surface area (TPSA) is 122 Å². The number of benzene rings is 1. The van der Waals surface area contributed by atoms with Gasteiger partial charge in [0.15, 0.2) is 0 Å². The molecule has 2 heterocycles. The number of carbonyl (C=O) groups excluding carboxylic acids is 3. The van der Waals surface area contributed by atoms with Crippen LogP contribution in [0, 0.1) is 0 Å². The molecule has 1 aromatic carbocycles. The SMILES string of the molecule is CN1C(=O)c2ccc(NC(=O)Cc3cnn(C)c3)cc2C1=O.O=CO. The number of aryl methyl sites for hydroxylation is 1. The number of nitrogens with one attached hydrogen (secondary N) is 1. The zero-order chi connectivity index (χ0) is 18.6. The molecule has 0 unspecified atom stereocenters. The molecule has 1 aliphatic rings. The third-order valence-corrected chi connectivity index (χ3v) is 3.50. The Balaban J connectivity index is 0.000000701. The lowest BCUT2D eigenvalue weighted by Crippen LogP contribution is -2.24. The Morgan fingerprint density at radius 1 is 1.24 bits per heavy atom. The van der Waals surface area contributed by atoms with Crippen LogP contribution < -0.4 is 5.32 Å².